The van der Waals surface area contributed by atoms with E-state index in [1.54, 1.807) is 18.3 Å². The molecule has 3 rings (SSSR count). The highest BCUT2D eigenvalue weighted by Crippen LogP contribution is 2.39. The molecule has 25 heavy (non-hydrogen) atoms. The van der Waals surface area contributed by atoms with Crippen LogP contribution >= 0.6 is 0 Å². The zero-order valence-corrected chi connectivity index (χ0v) is 14.6. The van der Waals surface area contributed by atoms with E-state index in [4.69, 9.17) is 14.2 Å². The molecule has 0 aliphatic carbocycles. The lowest BCUT2D eigenvalue weighted by Gasteiger charge is -2.19. The molecule has 1 aromatic carbocycles. The van der Waals surface area contributed by atoms with Crippen LogP contribution in [0.25, 0.3) is 0 Å². The van der Waals surface area contributed by atoms with Crippen LogP contribution in [-0.4, -0.2) is 50.2 Å². The molecule has 0 atom stereocenters. The third kappa shape index (κ3) is 3.38. The molecule has 1 aromatic heterocycles. The Kier molecular flexibility index (Phi) is 5.07. The van der Waals surface area contributed by atoms with E-state index in [0.29, 0.717) is 35.9 Å². The van der Waals surface area contributed by atoms with Crippen LogP contribution in [0.3, 0.4) is 0 Å². The van der Waals surface area contributed by atoms with Crippen LogP contribution in [0.1, 0.15) is 22.3 Å². The Hall–Kier alpha value is -2.76. The average Bonchev–Trinajstić information content (AvgIpc) is 3.17. The lowest BCUT2D eigenvalue weighted by molar-refractivity contribution is 0.0794. The third-order valence-corrected chi connectivity index (χ3v) is 4.33. The molecule has 0 N–H and O–H groups in total. The van der Waals surface area contributed by atoms with Crippen molar-refractivity contribution in [2.24, 2.45) is 0 Å². The van der Waals surface area contributed by atoms with Gasteiger partial charge in [-0.2, -0.15) is 0 Å². The van der Waals surface area contributed by atoms with Gasteiger partial charge in [0.15, 0.2) is 11.5 Å². The van der Waals surface area contributed by atoms with E-state index >= 15 is 0 Å². The molecule has 0 unspecified atom stereocenters. The number of methoxy groups -OCH3 is 3. The Morgan fingerprint density at radius 1 is 1.12 bits per heavy atom. The normalized spacial score (nSPS) is 14.4. The fourth-order valence-corrected chi connectivity index (χ4v) is 3.03. The van der Waals surface area contributed by atoms with Crippen LogP contribution < -0.4 is 14.2 Å². The molecule has 0 bridgehead atoms. The molecule has 0 saturated carbocycles. The Morgan fingerprint density at radius 2 is 1.84 bits per heavy atom. The van der Waals surface area contributed by atoms with Gasteiger partial charge in [0.2, 0.25) is 5.75 Å². The maximum atomic E-state index is 12.9. The summed E-state index contributed by atoms with van der Waals surface area (Å²) in [5.74, 6) is 2.58. The van der Waals surface area contributed by atoms with Gasteiger partial charge in [-0.15, -0.1) is 0 Å². The van der Waals surface area contributed by atoms with Crippen molar-refractivity contribution in [3.63, 3.8) is 0 Å². The molecule has 131 valence electrons. The van der Waals surface area contributed by atoms with E-state index in [1.807, 2.05) is 23.2 Å². The van der Waals surface area contributed by atoms with Gasteiger partial charge in [-0.1, -0.05) is 6.07 Å². The smallest absolute Gasteiger partial charge is 0.254 e. The molecule has 1 aliphatic rings. The molecule has 2 heterocycles. The number of carbonyl (C=O) groups excluding carboxylic acids is 1. The standard InChI is InChI=1S/C19H21N2O4/c1-23-16-9-15(10-17(24-2)18(16)25-3)19(22)21-8-6-14(12-21)13-5-4-7-20-11-13/h4-5,7,9-11H,6,8,12H2,1-3H3. The molecule has 1 fully saturated rings. The minimum absolute atomic E-state index is 0.0573. The van der Waals surface area contributed by atoms with Gasteiger partial charge in [-0.25, -0.2) is 0 Å². The Morgan fingerprint density at radius 3 is 2.40 bits per heavy atom. The monoisotopic (exact) mass is 341 g/mol. The quantitative estimate of drug-likeness (QED) is 0.836. The van der Waals surface area contributed by atoms with Crippen LogP contribution in [0.5, 0.6) is 17.2 Å². The number of nitrogens with zero attached hydrogens (tertiary/aromatic N) is 2. The van der Waals surface area contributed by atoms with Gasteiger partial charge >= 0.3 is 0 Å². The predicted octanol–water partition coefficient (Wildman–Crippen LogP) is 2.58. The van der Waals surface area contributed by atoms with E-state index in [0.717, 1.165) is 12.0 Å². The van der Waals surface area contributed by atoms with Crippen molar-refractivity contribution >= 4 is 5.91 Å². The summed E-state index contributed by atoms with van der Waals surface area (Å²) in [5.41, 5.74) is 1.60. The summed E-state index contributed by atoms with van der Waals surface area (Å²) in [6.07, 6.45) is 4.43. The van der Waals surface area contributed by atoms with Crippen molar-refractivity contribution in [1.82, 2.24) is 9.88 Å². The summed E-state index contributed by atoms with van der Waals surface area (Å²) in [7, 11) is 4.61. The van der Waals surface area contributed by atoms with Gasteiger partial charge in [0.05, 0.1) is 21.3 Å². The third-order valence-electron chi connectivity index (χ3n) is 4.33. The Bertz CT molecular complexity index is 723. The minimum atomic E-state index is -0.0573. The minimum Gasteiger partial charge on any atom is -0.493 e. The molecule has 1 saturated heterocycles. The fourth-order valence-electron chi connectivity index (χ4n) is 3.03. The first-order chi connectivity index (χ1) is 12.2. The van der Waals surface area contributed by atoms with Gasteiger partial charge in [0.1, 0.15) is 0 Å². The number of hydrogen-bond acceptors (Lipinski definition) is 5. The first kappa shape index (κ1) is 17.1. The summed E-state index contributed by atoms with van der Waals surface area (Å²) >= 11 is 0. The lowest BCUT2D eigenvalue weighted by Crippen LogP contribution is -2.28. The highest BCUT2D eigenvalue weighted by molar-refractivity contribution is 5.96. The van der Waals surface area contributed by atoms with Crippen LogP contribution in [0.2, 0.25) is 0 Å². The molecule has 6 heteroatoms. The van der Waals surface area contributed by atoms with Crippen molar-refractivity contribution in [3.8, 4) is 17.2 Å². The van der Waals surface area contributed by atoms with Crippen molar-refractivity contribution in [1.29, 1.82) is 0 Å². The second-order valence-corrected chi connectivity index (χ2v) is 5.74. The van der Waals surface area contributed by atoms with Gasteiger partial charge in [0, 0.05) is 37.0 Å². The highest BCUT2D eigenvalue weighted by Gasteiger charge is 2.29. The van der Waals surface area contributed by atoms with E-state index in [-0.39, 0.29) is 5.91 Å². The fraction of sp³-hybridized carbons (Fsp3) is 0.316. The number of ether oxygens (including phenoxy) is 3. The van der Waals surface area contributed by atoms with E-state index in [2.05, 4.69) is 4.98 Å². The Balaban J connectivity index is 1.82. The van der Waals surface area contributed by atoms with Crippen LogP contribution in [-0.2, 0) is 0 Å². The number of pyridine rings is 1. The Labute approximate surface area is 147 Å². The molecule has 0 spiro atoms. The first-order valence-electron chi connectivity index (χ1n) is 8.02. The summed E-state index contributed by atoms with van der Waals surface area (Å²) in [6, 6.07) is 7.30. The van der Waals surface area contributed by atoms with Crippen molar-refractivity contribution in [2.75, 3.05) is 34.4 Å². The molecule has 1 amide bonds. The SMILES string of the molecule is COc1cc(C(=O)N2CC[C](c3cccnc3)C2)cc(OC)c1OC. The highest BCUT2D eigenvalue weighted by atomic mass is 16.5. The first-order valence-corrected chi connectivity index (χ1v) is 8.02. The average molecular weight is 341 g/mol. The molecule has 6 nitrogen and oxygen atoms in total. The number of amides is 1. The molecular formula is C19H21N2O4. The molecule has 1 aliphatic heterocycles. The largest absolute Gasteiger partial charge is 0.493 e. The maximum absolute atomic E-state index is 12.9. The number of aromatic nitrogens is 1. The van der Waals surface area contributed by atoms with Gasteiger partial charge < -0.3 is 19.1 Å². The zero-order chi connectivity index (χ0) is 17.8. The number of benzene rings is 1. The molecule has 2 aromatic rings. The van der Waals surface area contributed by atoms with Crippen molar-refractivity contribution in [3.05, 3.63) is 53.7 Å². The van der Waals surface area contributed by atoms with E-state index in [9.17, 15) is 4.79 Å². The van der Waals surface area contributed by atoms with Gasteiger partial charge in [-0.05, 0) is 30.2 Å². The molecular weight excluding hydrogens is 320 g/mol. The second kappa shape index (κ2) is 7.42. The van der Waals surface area contributed by atoms with Crippen molar-refractivity contribution < 1.29 is 19.0 Å². The number of carbonyl (C=O) groups is 1. The van der Waals surface area contributed by atoms with Gasteiger partial charge in [0.25, 0.3) is 5.91 Å². The van der Waals surface area contributed by atoms with Crippen molar-refractivity contribution in [2.45, 2.75) is 6.42 Å². The topological polar surface area (TPSA) is 60.9 Å². The number of likely N-dealkylation sites (tertiary alicyclic amines) is 1. The van der Waals surface area contributed by atoms with E-state index < -0.39 is 0 Å². The second-order valence-electron chi connectivity index (χ2n) is 5.74. The summed E-state index contributed by atoms with van der Waals surface area (Å²) in [4.78, 5) is 18.9. The maximum Gasteiger partial charge on any atom is 0.254 e. The van der Waals surface area contributed by atoms with Gasteiger partial charge in [-0.3, -0.25) is 9.78 Å². The van der Waals surface area contributed by atoms with Crippen LogP contribution in [0, 0.1) is 5.92 Å². The summed E-state index contributed by atoms with van der Waals surface area (Å²) < 4.78 is 16.0. The van der Waals surface area contributed by atoms with Crippen LogP contribution in [0.15, 0.2) is 36.7 Å². The molecule has 1 radical (unpaired) electrons. The summed E-state index contributed by atoms with van der Waals surface area (Å²) in [6.45, 7) is 1.28. The van der Waals surface area contributed by atoms with E-state index in [1.165, 1.54) is 27.2 Å². The lowest BCUT2D eigenvalue weighted by atomic mass is 10.0. The zero-order valence-electron chi connectivity index (χ0n) is 14.6. The number of hydrogen-bond donors (Lipinski definition) is 0. The van der Waals surface area contributed by atoms with Crippen LogP contribution in [0.4, 0.5) is 0 Å². The predicted molar refractivity (Wildman–Crippen MR) is 93.2 cm³/mol. The number of rotatable bonds is 5. The summed E-state index contributed by atoms with van der Waals surface area (Å²) in [5, 5.41) is 0.